The number of nitrogens with zero attached hydrogens (tertiary/aromatic N) is 1. The van der Waals surface area contributed by atoms with E-state index in [1.54, 1.807) is 51.1 Å². The summed E-state index contributed by atoms with van der Waals surface area (Å²) in [6, 6.07) is 6.44. The van der Waals surface area contributed by atoms with Crippen molar-refractivity contribution in [1.82, 2.24) is 4.90 Å². The second-order valence-electron chi connectivity index (χ2n) is 6.60. The second kappa shape index (κ2) is 7.18. The first-order valence-corrected chi connectivity index (χ1v) is 8.04. The number of carbonyl (C=O) groups is 3. The fourth-order valence-corrected chi connectivity index (χ4v) is 2.74. The molecule has 0 saturated carbocycles. The number of aldehydes is 1. The Balaban J connectivity index is 2.32. The predicted octanol–water partition coefficient (Wildman–Crippen LogP) is 3.71. The molecule has 2 rings (SSSR count). The van der Waals surface area contributed by atoms with E-state index in [-0.39, 0.29) is 12.3 Å². The van der Waals surface area contributed by atoms with Gasteiger partial charge in [0.1, 0.15) is 11.9 Å². The Kier molecular flexibility index (Phi) is 5.44. The molecule has 2 atom stereocenters. The highest BCUT2D eigenvalue weighted by Crippen LogP contribution is 2.32. The van der Waals surface area contributed by atoms with Gasteiger partial charge in [0.25, 0.3) is 5.91 Å². The molecule has 0 radical (unpaired) electrons. The van der Waals surface area contributed by atoms with Crippen molar-refractivity contribution in [2.24, 2.45) is 0 Å². The van der Waals surface area contributed by atoms with E-state index in [2.05, 4.69) is 0 Å². The Labute approximate surface area is 146 Å². The first kappa shape index (κ1) is 18.2. The van der Waals surface area contributed by atoms with E-state index in [9.17, 15) is 14.4 Å². The van der Waals surface area contributed by atoms with Gasteiger partial charge in [-0.3, -0.25) is 4.79 Å². The normalized spacial score (nSPS) is 18.6. The van der Waals surface area contributed by atoms with Gasteiger partial charge in [0.05, 0.1) is 6.04 Å². The quantitative estimate of drug-likeness (QED) is 0.777. The molecule has 1 heterocycles. The van der Waals surface area contributed by atoms with Crippen LogP contribution in [-0.4, -0.2) is 34.8 Å². The van der Waals surface area contributed by atoms with Gasteiger partial charge in [-0.05, 0) is 38.5 Å². The molecule has 128 valence electrons. The number of benzene rings is 1. The Morgan fingerprint density at radius 2 is 1.96 bits per heavy atom. The number of amides is 2. The molecular formula is C18H20ClNO4. The van der Waals surface area contributed by atoms with Crippen LogP contribution >= 0.6 is 11.6 Å². The van der Waals surface area contributed by atoms with Crippen LogP contribution in [0, 0.1) is 0 Å². The fourth-order valence-electron chi connectivity index (χ4n) is 2.62. The van der Waals surface area contributed by atoms with E-state index < -0.39 is 23.6 Å². The summed E-state index contributed by atoms with van der Waals surface area (Å²) in [5.41, 5.74) is 0.106. The average Bonchev–Trinajstić information content (AvgIpc) is 2.86. The molecule has 0 saturated heterocycles. The standard InChI is InChI=1S/C18H20ClNO4/c1-18(2,3)24-17(23)20-15(8-9-16(20)22)14(10-11-21)12-4-6-13(19)7-5-12/h4-9,11,14-15H,10H2,1-3H3/t14-,15+/m0/s1. The summed E-state index contributed by atoms with van der Waals surface area (Å²) in [5, 5.41) is 0.575. The lowest BCUT2D eigenvalue weighted by Crippen LogP contribution is -2.45. The summed E-state index contributed by atoms with van der Waals surface area (Å²) in [5.74, 6) is -0.797. The number of halogens is 1. The van der Waals surface area contributed by atoms with E-state index in [4.69, 9.17) is 16.3 Å². The van der Waals surface area contributed by atoms with E-state index in [0.717, 1.165) is 16.7 Å². The van der Waals surface area contributed by atoms with Crippen LogP contribution in [0.3, 0.4) is 0 Å². The number of rotatable bonds is 4. The van der Waals surface area contributed by atoms with Crippen molar-refractivity contribution in [3.8, 4) is 0 Å². The minimum atomic E-state index is -0.717. The molecule has 1 aliphatic rings. The van der Waals surface area contributed by atoms with Gasteiger partial charge in [0.15, 0.2) is 0 Å². The molecule has 0 aliphatic carbocycles. The molecule has 1 aromatic carbocycles. The second-order valence-corrected chi connectivity index (χ2v) is 7.04. The van der Waals surface area contributed by atoms with Gasteiger partial charge in [0, 0.05) is 23.4 Å². The van der Waals surface area contributed by atoms with Crippen LogP contribution in [0.2, 0.25) is 5.02 Å². The van der Waals surface area contributed by atoms with Gasteiger partial charge in [-0.15, -0.1) is 0 Å². The van der Waals surface area contributed by atoms with E-state index in [0.29, 0.717) is 5.02 Å². The van der Waals surface area contributed by atoms with Gasteiger partial charge < -0.3 is 9.53 Å². The lowest BCUT2D eigenvalue weighted by molar-refractivity contribution is -0.126. The SMILES string of the molecule is CC(C)(C)OC(=O)N1C(=O)C=C[C@@H]1[C@@H](CC=O)c1ccc(Cl)cc1. The Hall–Kier alpha value is -2.14. The maximum absolute atomic E-state index is 12.4. The number of carbonyl (C=O) groups excluding carboxylic acids is 3. The minimum Gasteiger partial charge on any atom is -0.443 e. The van der Waals surface area contributed by atoms with E-state index in [1.165, 1.54) is 6.08 Å². The zero-order valence-electron chi connectivity index (χ0n) is 13.9. The van der Waals surface area contributed by atoms with Crippen molar-refractivity contribution in [2.75, 3.05) is 0 Å². The lowest BCUT2D eigenvalue weighted by atomic mass is 9.89. The number of imide groups is 1. The van der Waals surface area contributed by atoms with Crippen molar-refractivity contribution in [2.45, 2.75) is 44.8 Å². The maximum atomic E-state index is 12.4. The van der Waals surface area contributed by atoms with Crippen LogP contribution in [0.1, 0.15) is 38.7 Å². The molecule has 0 bridgehead atoms. The molecule has 0 N–H and O–H groups in total. The topological polar surface area (TPSA) is 63.7 Å². The third kappa shape index (κ3) is 4.23. The average molecular weight is 350 g/mol. The zero-order chi connectivity index (χ0) is 17.9. The molecule has 0 fully saturated rings. The highest BCUT2D eigenvalue weighted by atomic mass is 35.5. The predicted molar refractivity (Wildman–Crippen MR) is 90.9 cm³/mol. The van der Waals surface area contributed by atoms with Crippen LogP contribution in [0.25, 0.3) is 0 Å². The first-order valence-electron chi connectivity index (χ1n) is 7.66. The molecule has 1 aliphatic heterocycles. The minimum absolute atomic E-state index is 0.170. The molecule has 0 spiro atoms. The van der Waals surface area contributed by atoms with Crippen LogP contribution in [-0.2, 0) is 14.3 Å². The van der Waals surface area contributed by atoms with Crippen molar-refractivity contribution < 1.29 is 19.1 Å². The molecule has 1 aromatic rings. The third-order valence-electron chi connectivity index (χ3n) is 3.62. The Morgan fingerprint density at radius 1 is 1.33 bits per heavy atom. The summed E-state index contributed by atoms with van der Waals surface area (Å²) in [6.07, 6.45) is 3.20. The summed E-state index contributed by atoms with van der Waals surface area (Å²) >= 11 is 5.91. The van der Waals surface area contributed by atoms with E-state index in [1.807, 2.05) is 0 Å². The number of ether oxygens (including phenoxy) is 1. The molecule has 0 unspecified atom stereocenters. The lowest BCUT2D eigenvalue weighted by Gasteiger charge is -2.31. The largest absolute Gasteiger partial charge is 0.443 e. The summed E-state index contributed by atoms with van der Waals surface area (Å²) in [7, 11) is 0. The summed E-state index contributed by atoms with van der Waals surface area (Å²) < 4.78 is 5.32. The van der Waals surface area contributed by atoms with Gasteiger partial charge in [-0.25, -0.2) is 9.69 Å². The Morgan fingerprint density at radius 3 is 2.50 bits per heavy atom. The molecule has 2 amide bonds. The maximum Gasteiger partial charge on any atom is 0.417 e. The molecule has 5 nitrogen and oxygen atoms in total. The molecule has 6 heteroatoms. The first-order chi connectivity index (χ1) is 11.2. The van der Waals surface area contributed by atoms with Crippen LogP contribution in [0.5, 0.6) is 0 Å². The summed E-state index contributed by atoms with van der Waals surface area (Å²) in [4.78, 5) is 36.7. The van der Waals surface area contributed by atoms with Crippen LogP contribution in [0.4, 0.5) is 4.79 Å². The molecule has 24 heavy (non-hydrogen) atoms. The fraction of sp³-hybridized carbons (Fsp3) is 0.389. The van der Waals surface area contributed by atoms with Crippen molar-refractivity contribution >= 4 is 29.9 Å². The highest BCUT2D eigenvalue weighted by Gasteiger charge is 2.39. The number of hydrogen-bond donors (Lipinski definition) is 0. The monoisotopic (exact) mass is 349 g/mol. The van der Waals surface area contributed by atoms with E-state index >= 15 is 0 Å². The molecule has 0 aromatic heterocycles. The van der Waals surface area contributed by atoms with Gasteiger partial charge in [0.2, 0.25) is 0 Å². The van der Waals surface area contributed by atoms with Gasteiger partial charge >= 0.3 is 6.09 Å². The van der Waals surface area contributed by atoms with Crippen molar-refractivity contribution in [1.29, 1.82) is 0 Å². The Bertz CT molecular complexity index is 661. The van der Waals surface area contributed by atoms with Crippen LogP contribution < -0.4 is 0 Å². The number of hydrogen-bond acceptors (Lipinski definition) is 4. The van der Waals surface area contributed by atoms with Gasteiger partial charge in [-0.2, -0.15) is 0 Å². The van der Waals surface area contributed by atoms with Gasteiger partial charge in [-0.1, -0.05) is 29.8 Å². The van der Waals surface area contributed by atoms with Crippen LogP contribution in [0.15, 0.2) is 36.4 Å². The summed E-state index contributed by atoms with van der Waals surface area (Å²) in [6.45, 7) is 5.20. The van der Waals surface area contributed by atoms with Crippen molar-refractivity contribution in [3.63, 3.8) is 0 Å². The smallest absolute Gasteiger partial charge is 0.417 e. The highest BCUT2D eigenvalue weighted by molar-refractivity contribution is 6.30. The third-order valence-corrected chi connectivity index (χ3v) is 3.87. The van der Waals surface area contributed by atoms with Crippen molar-refractivity contribution in [3.05, 3.63) is 47.0 Å². The zero-order valence-corrected chi connectivity index (χ0v) is 14.6. The molecular weight excluding hydrogens is 330 g/mol.